The lowest BCUT2D eigenvalue weighted by Crippen LogP contribution is -2.16. The van der Waals surface area contributed by atoms with Crippen LogP contribution in [0.5, 0.6) is 5.75 Å². The van der Waals surface area contributed by atoms with Crippen LogP contribution >= 0.6 is 0 Å². The van der Waals surface area contributed by atoms with Gasteiger partial charge in [0.25, 0.3) is 0 Å². The maximum absolute atomic E-state index is 11.5. The maximum atomic E-state index is 11.5. The van der Waals surface area contributed by atoms with E-state index in [1.165, 1.54) is 5.56 Å². The van der Waals surface area contributed by atoms with Gasteiger partial charge in [0.2, 0.25) is 0 Å². The first-order valence-electron chi connectivity index (χ1n) is 6.13. The number of rotatable bonds is 8. The Bertz CT molecular complexity index is 440. The highest BCUT2D eigenvalue weighted by Gasteiger charge is 2.09. The summed E-state index contributed by atoms with van der Waals surface area (Å²) in [5, 5.41) is 0. The van der Waals surface area contributed by atoms with Gasteiger partial charge >= 0.3 is 0 Å². The summed E-state index contributed by atoms with van der Waals surface area (Å²) < 4.78 is 28.5. The molecule has 0 aliphatic rings. The minimum absolute atomic E-state index is 0.166. The molecule has 0 bridgehead atoms. The van der Waals surface area contributed by atoms with Crippen LogP contribution in [-0.2, 0) is 9.84 Å². The van der Waals surface area contributed by atoms with Crippen LogP contribution in [0.25, 0.3) is 0 Å². The Kier molecular flexibility index (Phi) is 6.15. The molecule has 0 heterocycles. The van der Waals surface area contributed by atoms with Gasteiger partial charge < -0.3 is 10.5 Å². The van der Waals surface area contributed by atoms with Crippen molar-refractivity contribution in [2.45, 2.75) is 19.8 Å². The van der Waals surface area contributed by atoms with Crippen LogP contribution in [0, 0.1) is 6.92 Å². The normalized spacial score (nSPS) is 11.4. The van der Waals surface area contributed by atoms with Crippen molar-refractivity contribution in [2.24, 2.45) is 5.73 Å². The van der Waals surface area contributed by atoms with Crippen molar-refractivity contribution in [3.8, 4) is 5.75 Å². The molecule has 0 saturated heterocycles. The Morgan fingerprint density at radius 2 is 1.72 bits per heavy atom. The Labute approximate surface area is 109 Å². The fraction of sp³-hybridized carbons (Fsp3) is 0.538. The van der Waals surface area contributed by atoms with Gasteiger partial charge in [-0.05, 0) is 38.4 Å². The zero-order valence-electron chi connectivity index (χ0n) is 10.8. The molecule has 1 aromatic rings. The van der Waals surface area contributed by atoms with Crippen LogP contribution < -0.4 is 10.5 Å². The summed E-state index contributed by atoms with van der Waals surface area (Å²) in [5.41, 5.74) is 6.46. The van der Waals surface area contributed by atoms with E-state index in [2.05, 4.69) is 0 Å². The predicted octanol–water partition coefficient (Wildman–Crippen LogP) is 1.53. The third-order valence-corrected chi connectivity index (χ3v) is 4.37. The lowest BCUT2D eigenvalue weighted by atomic mass is 10.2. The number of hydrogen-bond donors (Lipinski definition) is 1. The summed E-state index contributed by atoms with van der Waals surface area (Å²) in [6.07, 6.45) is 1.04. The van der Waals surface area contributed by atoms with Crippen LogP contribution in [0.1, 0.15) is 18.4 Å². The molecule has 4 nitrogen and oxygen atoms in total. The molecular formula is C13H21NO3S. The van der Waals surface area contributed by atoms with Gasteiger partial charge in [0, 0.05) is 0 Å². The molecule has 5 heteroatoms. The lowest BCUT2D eigenvalue weighted by Gasteiger charge is -2.07. The van der Waals surface area contributed by atoms with E-state index in [1.54, 1.807) is 0 Å². The van der Waals surface area contributed by atoms with Crippen molar-refractivity contribution in [1.29, 1.82) is 0 Å². The van der Waals surface area contributed by atoms with Crippen molar-refractivity contribution >= 4 is 9.84 Å². The van der Waals surface area contributed by atoms with Crippen LogP contribution in [0.3, 0.4) is 0 Å². The van der Waals surface area contributed by atoms with Crippen LogP contribution in [0.2, 0.25) is 0 Å². The van der Waals surface area contributed by atoms with Gasteiger partial charge in [-0.15, -0.1) is 0 Å². The molecule has 0 unspecified atom stereocenters. The fourth-order valence-corrected chi connectivity index (χ4v) is 2.88. The topological polar surface area (TPSA) is 69.4 Å². The average molecular weight is 271 g/mol. The highest BCUT2D eigenvalue weighted by molar-refractivity contribution is 7.91. The second-order valence-electron chi connectivity index (χ2n) is 4.31. The number of nitrogens with two attached hydrogens (primary N) is 1. The minimum atomic E-state index is -2.96. The van der Waals surface area contributed by atoms with Crippen molar-refractivity contribution in [3.05, 3.63) is 29.8 Å². The Morgan fingerprint density at radius 1 is 1.11 bits per heavy atom. The summed E-state index contributed by atoms with van der Waals surface area (Å²) in [7, 11) is -2.96. The zero-order chi connectivity index (χ0) is 13.4. The molecule has 2 N–H and O–H groups in total. The van der Waals surface area contributed by atoms with E-state index in [9.17, 15) is 8.42 Å². The Hall–Kier alpha value is -1.07. The quantitative estimate of drug-likeness (QED) is 0.728. The molecule has 0 fully saturated rings. The summed E-state index contributed by atoms with van der Waals surface area (Å²) in [6, 6.07) is 7.71. The van der Waals surface area contributed by atoms with Gasteiger partial charge in [-0.2, -0.15) is 0 Å². The molecule has 0 amide bonds. The van der Waals surface area contributed by atoms with Crippen molar-refractivity contribution in [1.82, 2.24) is 0 Å². The van der Waals surface area contributed by atoms with Crippen LogP contribution in [0.4, 0.5) is 0 Å². The average Bonchev–Trinajstić information content (AvgIpc) is 2.34. The van der Waals surface area contributed by atoms with Crippen molar-refractivity contribution in [3.63, 3.8) is 0 Å². The highest BCUT2D eigenvalue weighted by Crippen LogP contribution is 2.11. The monoisotopic (exact) mass is 271 g/mol. The predicted molar refractivity (Wildman–Crippen MR) is 73.6 cm³/mol. The van der Waals surface area contributed by atoms with Crippen LogP contribution in [0.15, 0.2) is 24.3 Å². The number of aryl methyl sites for hydroxylation is 1. The second kappa shape index (κ2) is 7.38. The van der Waals surface area contributed by atoms with Gasteiger partial charge in [-0.3, -0.25) is 0 Å². The van der Waals surface area contributed by atoms with E-state index in [-0.39, 0.29) is 11.5 Å². The number of sulfone groups is 1. The van der Waals surface area contributed by atoms with Crippen molar-refractivity contribution in [2.75, 3.05) is 24.7 Å². The number of hydrogen-bond acceptors (Lipinski definition) is 4. The number of benzene rings is 1. The Morgan fingerprint density at radius 3 is 2.33 bits per heavy atom. The molecule has 1 rings (SSSR count). The minimum Gasteiger partial charge on any atom is -0.494 e. The number of ether oxygens (including phenoxy) is 1. The van der Waals surface area contributed by atoms with Gasteiger partial charge in [0.05, 0.1) is 18.1 Å². The van der Waals surface area contributed by atoms with E-state index in [1.807, 2.05) is 31.2 Å². The SMILES string of the molecule is Cc1ccc(OCCCS(=O)(=O)CCCN)cc1. The molecule has 102 valence electrons. The smallest absolute Gasteiger partial charge is 0.150 e. The van der Waals surface area contributed by atoms with E-state index in [4.69, 9.17) is 10.5 Å². The van der Waals surface area contributed by atoms with Gasteiger partial charge in [-0.25, -0.2) is 8.42 Å². The molecule has 1 aromatic carbocycles. The fourth-order valence-electron chi connectivity index (χ4n) is 1.51. The first kappa shape index (κ1) is 15.0. The van der Waals surface area contributed by atoms with Crippen LogP contribution in [-0.4, -0.2) is 33.1 Å². The summed E-state index contributed by atoms with van der Waals surface area (Å²) in [4.78, 5) is 0. The molecule has 0 spiro atoms. The Balaban J connectivity index is 2.24. The molecule has 0 aromatic heterocycles. The zero-order valence-corrected chi connectivity index (χ0v) is 11.6. The van der Waals surface area contributed by atoms with Gasteiger partial charge in [0.15, 0.2) is 0 Å². The van der Waals surface area contributed by atoms with Gasteiger partial charge in [0.1, 0.15) is 15.6 Å². The molecule has 0 aliphatic carbocycles. The highest BCUT2D eigenvalue weighted by atomic mass is 32.2. The third kappa shape index (κ3) is 6.02. The summed E-state index contributed by atoms with van der Waals surface area (Å²) in [5.74, 6) is 1.12. The van der Waals surface area contributed by atoms with E-state index in [0.29, 0.717) is 26.0 Å². The molecule has 18 heavy (non-hydrogen) atoms. The standard InChI is InChI=1S/C13H21NO3S/c1-12-4-6-13(7-5-12)17-9-3-11-18(15,16)10-2-8-14/h4-7H,2-3,8-11,14H2,1H3. The van der Waals surface area contributed by atoms with Crippen molar-refractivity contribution < 1.29 is 13.2 Å². The molecular weight excluding hydrogens is 250 g/mol. The molecule has 0 saturated carbocycles. The van der Waals surface area contributed by atoms with E-state index in [0.717, 1.165) is 5.75 Å². The first-order valence-corrected chi connectivity index (χ1v) is 7.95. The first-order chi connectivity index (χ1) is 8.53. The summed E-state index contributed by atoms with van der Waals surface area (Å²) in [6.45, 7) is 2.85. The second-order valence-corrected chi connectivity index (χ2v) is 6.61. The molecule has 0 radical (unpaired) electrons. The third-order valence-electron chi connectivity index (χ3n) is 2.55. The summed E-state index contributed by atoms with van der Waals surface area (Å²) >= 11 is 0. The van der Waals surface area contributed by atoms with E-state index >= 15 is 0 Å². The van der Waals surface area contributed by atoms with Gasteiger partial charge in [-0.1, -0.05) is 17.7 Å². The van der Waals surface area contributed by atoms with E-state index < -0.39 is 9.84 Å². The molecule has 0 atom stereocenters. The maximum Gasteiger partial charge on any atom is 0.150 e. The largest absolute Gasteiger partial charge is 0.494 e. The lowest BCUT2D eigenvalue weighted by molar-refractivity contribution is 0.317. The molecule has 0 aliphatic heterocycles.